The highest BCUT2D eigenvalue weighted by Gasteiger charge is 2.14. The van der Waals surface area contributed by atoms with E-state index in [-0.39, 0.29) is 17.8 Å². The number of aromatic nitrogens is 2. The minimum atomic E-state index is -1.11. The van der Waals surface area contributed by atoms with Crippen LogP contribution in [0.15, 0.2) is 24.4 Å². The van der Waals surface area contributed by atoms with Crippen molar-refractivity contribution in [2.24, 2.45) is 7.05 Å². The molecule has 0 unspecified atom stereocenters. The van der Waals surface area contributed by atoms with Crippen LogP contribution in [0.4, 0.5) is 14.5 Å². The van der Waals surface area contributed by atoms with E-state index in [1.165, 1.54) is 0 Å². The van der Waals surface area contributed by atoms with Crippen LogP contribution in [0, 0.1) is 11.6 Å². The molecule has 7 heteroatoms. The molecule has 0 atom stereocenters. The zero-order valence-electron chi connectivity index (χ0n) is 10.2. The van der Waals surface area contributed by atoms with Gasteiger partial charge in [-0.3, -0.25) is 9.48 Å². The molecule has 1 aromatic carbocycles. The van der Waals surface area contributed by atoms with Crippen LogP contribution in [0.25, 0.3) is 0 Å². The first kappa shape index (κ1) is 13.0. The van der Waals surface area contributed by atoms with Crippen LogP contribution in [-0.2, 0) is 13.6 Å². The van der Waals surface area contributed by atoms with E-state index in [4.69, 9.17) is 5.73 Å². The molecule has 0 aliphatic rings. The lowest BCUT2D eigenvalue weighted by atomic mass is 10.1. The van der Waals surface area contributed by atoms with Gasteiger partial charge in [0, 0.05) is 25.0 Å². The maximum Gasteiger partial charge on any atom is 0.253 e. The number of nitrogens with two attached hydrogens (primary N) is 1. The number of amides is 1. The summed E-state index contributed by atoms with van der Waals surface area (Å²) < 4.78 is 27.6. The number of hydrogen-bond acceptors (Lipinski definition) is 3. The summed E-state index contributed by atoms with van der Waals surface area (Å²) in [6.07, 6.45) is 1.59. The number of hydrogen-bond donors (Lipinski definition) is 2. The Morgan fingerprint density at radius 1 is 1.42 bits per heavy atom. The molecule has 5 nitrogen and oxygen atoms in total. The average molecular weight is 266 g/mol. The minimum Gasteiger partial charge on any atom is -0.398 e. The molecule has 1 aromatic heterocycles. The normalized spacial score (nSPS) is 10.5. The Bertz CT molecular complexity index is 624. The Balaban J connectivity index is 2.12. The lowest BCUT2D eigenvalue weighted by Crippen LogP contribution is -2.25. The zero-order chi connectivity index (χ0) is 14.0. The molecule has 3 N–H and O–H groups in total. The summed E-state index contributed by atoms with van der Waals surface area (Å²) in [7, 11) is 1.73. The van der Waals surface area contributed by atoms with E-state index in [2.05, 4.69) is 10.4 Å². The van der Waals surface area contributed by atoms with E-state index in [0.717, 1.165) is 17.8 Å². The predicted molar refractivity (Wildman–Crippen MR) is 65.1 cm³/mol. The summed E-state index contributed by atoms with van der Waals surface area (Å²) in [5.74, 6) is -2.77. The highest BCUT2D eigenvalue weighted by molar-refractivity contribution is 5.99. The SMILES string of the molecule is Cn1nccc1CNC(=O)c1cc(F)c(F)cc1N. The highest BCUT2D eigenvalue weighted by Crippen LogP contribution is 2.17. The van der Waals surface area contributed by atoms with Crippen LogP contribution in [0.1, 0.15) is 16.1 Å². The zero-order valence-corrected chi connectivity index (χ0v) is 10.2. The third-order valence-electron chi connectivity index (χ3n) is 2.69. The molecule has 0 saturated heterocycles. The van der Waals surface area contributed by atoms with Crippen LogP contribution in [0.3, 0.4) is 0 Å². The topological polar surface area (TPSA) is 72.9 Å². The number of benzene rings is 1. The van der Waals surface area contributed by atoms with Gasteiger partial charge >= 0.3 is 0 Å². The standard InChI is InChI=1S/C12H12F2N4O/c1-18-7(2-3-17-18)6-16-12(19)8-4-9(13)10(14)5-11(8)15/h2-5H,6,15H2,1H3,(H,16,19). The molecule has 1 amide bonds. The monoisotopic (exact) mass is 266 g/mol. The first-order valence-electron chi connectivity index (χ1n) is 5.48. The fourth-order valence-corrected chi connectivity index (χ4v) is 1.60. The van der Waals surface area contributed by atoms with Crippen molar-refractivity contribution in [1.29, 1.82) is 0 Å². The lowest BCUT2D eigenvalue weighted by Gasteiger charge is -2.08. The second-order valence-electron chi connectivity index (χ2n) is 3.98. The Hall–Kier alpha value is -2.44. The number of rotatable bonds is 3. The summed E-state index contributed by atoms with van der Waals surface area (Å²) in [5.41, 5.74) is 6.05. The third kappa shape index (κ3) is 2.70. The van der Waals surface area contributed by atoms with E-state index in [9.17, 15) is 13.6 Å². The van der Waals surface area contributed by atoms with Crippen molar-refractivity contribution in [2.75, 3.05) is 5.73 Å². The average Bonchev–Trinajstić information content (AvgIpc) is 2.76. The molecule has 100 valence electrons. The van der Waals surface area contributed by atoms with Gasteiger partial charge in [0.25, 0.3) is 5.91 Å². The maximum atomic E-state index is 13.1. The minimum absolute atomic E-state index is 0.0962. The predicted octanol–water partition coefficient (Wildman–Crippen LogP) is 1.21. The van der Waals surface area contributed by atoms with Gasteiger partial charge in [-0.05, 0) is 12.1 Å². The van der Waals surface area contributed by atoms with E-state index in [0.29, 0.717) is 0 Å². The second kappa shape index (κ2) is 5.05. The van der Waals surface area contributed by atoms with Crippen molar-refractivity contribution in [2.45, 2.75) is 6.54 Å². The van der Waals surface area contributed by atoms with Gasteiger partial charge in [-0.1, -0.05) is 0 Å². The van der Waals surface area contributed by atoms with Crippen LogP contribution >= 0.6 is 0 Å². The first-order chi connectivity index (χ1) is 8.99. The van der Waals surface area contributed by atoms with Gasteiger partial charge < -0.3 is 11.1 Å². The number of carbonyl (C=O) groups excluding carboxylic acids is 1. The van der Waals surface area contributed by atoms with Gasteiger partial charge in [0.15, 0.2) is 11.6 Å². The van der Waals surface area contributed by atoms with Crippen molar-refractivity contribution in [1.82, 2.24) is 15.1 Å². The van der Waals surface area contributed by atoms with Crippen molar-refractivity contribution in [3.63, 3.8) is 0 Å². The maximum absolute atomic E-state index is 13.1. The van der Waals surface area contributed by atoms with E-state index in [1.54, 1.807) is 24.0 Å². The fraction of sp³-hybridized carbons (Fsp3) is 0.167. The Labute approximate surface area is 108 Å². The number of nitrogens with one attached hydrogen (secondary N) is 1. The first-order valence-corrected chi connectivity index (χ1v) is 5.48. The molecule has 2 aromatic rings. The van der Waals surface area contributed by atoms with Crippen molar-refractivity contribution in [3.8, 4) is 0 Å². The molecule has 1 heterocycles. The van der Waals surface area contributed by atoms with Crippen LogP contribution in [0.5, 0.6) is 0 Å². The van der Waals surface area contributed by atoms with Gasteiger partial charge in [0.1, 0.15) is 0 Å². The Kier molecular flexibility index (Phi) is 3.46. The molecule has 0 fully saturated rings. The largest absolute Gasteiger partial charge is 0.398 e. The van der Waals surface area contributed by atoms with Crippen LogP contribution < -0.4 is 11.1 Å². The van der Waals surface area contributed by atoms with Gasteiger partial charge in [-0.15, -0.1) is 0 Å². The Morgan fingerprint density at radius 2 is 2.11 bits per heavy atom. The Morgan fingerprint density at radius 3 is 2.74 bits per heavy atom. The summed E-state index contributed by atoms with van der Waals surface area (Å²) in [4.78, 5) is 11.8. The molecule has 2 rings (SSSR count). The molecule has 0 saturated carbocycles. The second-order valence-corrected chi connectivity index (χ2v) is 3.98. The number of anilines is 1. The lowest BCUT2D eigenvalue weighted by molar-refractivity contribution is 0.0950. The number of nitrogens with zero attached hydrogens (tertiary/aromatic N) is 2. The fourth-order valence-electron chi connectivity index (χ4n) is 1.60. The number of carbonyl (C=O) groups is 1. The smallest absolute Gasteiger partial charge is 0.253 e. The highest BCUT2D eigenvalue weighted by atomic mass is 19.2. The molecule has 0 spiro atoms. The molecular weight excluding hydrogens is 254 g/mol. The van der Waals surface area contributed by atoms with Crippen molar-refractivity contribution >= 4 is 11.6 Å². The summed E-state index contributed by atoms with van der Waals surface area (Å²) in [6.45, 7) is 0.216. The number of halogens is 2. The van der Waals surface area contributed by atoms with Crippen LogP contribution in [0.2, 0.25) is 0 Å². The number of nitrogen functional groups attached to an aromatic ring is 1. The molecule has 0 bridgehead atoms. The van der Waals surface area contributed by atoms with Gasteiger partial charge in [0.2, 0.25) is 0 Å². The van der Waals surface area contributed by atoms with Crippen molar-refractivity contribution < 1.29 is 13.6 Å². The van der Waals surface area contributed by atoms with E-state index < -0.39 is 17.5 Å². The van der Waals surface area contributed by atoms with Crippen LogP contribution in [-0.4, -0.2) is 15.7 Å². The quantitative estimate of drug-likeness (QED) is 0.820. The number of aryl methyl sites for hydroxylation is 1. The summed E-state index contributed by atoms with van der Waals surface area (Å²) in [6, 6.07) is 3.30. The third-order valence-corrected chi connectivity index (χ3v) is 2.69. The van der Waals surface area contributed by atoms with Gasteiger partial charge in [-0.25, -0.2) is 8.78 Å². The molecule has 0 aliphatic carbocycles. The molecular formula is C12H12F2N4O. The molecule has 0 aliphatic heterocycles. The van der Waals surface area contributed by atoms with Gasteiger partial charge in [0.05, 0.1) is 17.8 Å². The molecule has 0 radical (unpaired) electrons. The van der Waals surface area contributed by atoms with E-state index >= 15 is 0 Å². The molecule has 19 heavy (non-hydrogen) atoms. The van der Waals surface area contributed by atoms with Crippen molar-refractivity contribution in [3.05, 3.63) is 47.3 Å². The summed E-state index contributed by atoms with van der Waals surface area (Å²) in [5, 5.41) is 6.50. The summed E-state index contributed by atoms with van der Waals surface area (Å²) >= 11 is 0. The van der Waals surface area contributed by atoms with Gasteiger partial charge in [-0.2, -0.15) is 5.10 Å². The van der Waals surface area contributed by atoms with E-state index in [1.807, 2.05) is 0 Å².